The average molecular weight is 146 g/mol. The minimum atomic E-state index is -1.24. The van der Waals surface area contributed by atoms with Crippen LogP contribution in [0.3, 0.4) is 0 Å². The van der Waals surface area contributed by atoms with Gasteiger partial charge in [-0.1, -0.05) is 5.70 Å². The van der Waals surface area contributed by atoms with Gasteiger partial charge in [-0.05, 0) is 19.6 Å². The summed E-state index contributed by atoms with van der Waals surface area (Å²) in [7, 11) is -0.144. The Morgan fingerprint density at radius 1 is 1.38 bits per heavy atom. The molecule has 0 aromatic heterocycles. The van der Waals surface area contributed by atoms with E-state index in [1.54, 1.807) is 0 Å². The van der Waals surface area contributed by atoms with Crippen molar-refractivity contribution >= 4 is 18.6 Å². The second-order valence-electron chi connectivity index (χ2n) is 2.70. The van der Waals surface area contributed by atoms with Crippen LogP contribution in [0.15, 0.2) is 12.0 Å². The van der Waals surface area contributed by atoms with Crippen molar-refractivity contribution in [3.05, 3.63) is 12.0 Å². The molecule has 0 radical (unpaired) electrons. The summed E-state index contributed by atoms with van der Waals surface area (Å²) in [5.74, 6) is 0. The Morgan fingerprint density at radius 3 is 2.00 bits per heavy atom. The molecule has 0 amide bonds. The van der Waals surface area contributed by atoms with Crippen molar-refractivity contribution in [2.45, 2.75) is 19.6 Å². The number of hydrogen-bond acceptors (Lipinski definition) is 1. The summed E-state index contributed by atoms with van der Waals surface area (Å²) in [5, 5.41) is 0. The fourth-order valence-electron chi connectivity index (χ4n) is 0.272. The molecule has 0 saturated carbocycles. The minimum absolute atomic E-state index is 1.10. The molecule has 48 valence electrons. The van der Waals surface area contributed by atoms with Crippen LogP contribution < -0.4 is 0 Å². The summed E-state index contributed by atoms with van der Waals surface area (Å²) in [5.41, 5.74) is 2.05. The van der Waals surface area contributed by atoms with Crippen molar-refractivity contribution in [1.82, 2.24) is 0 Å². The molecule has 1 nitrogen and oxygen atoms in total. The van der Waals surface area contributed by atoms with Gasteiger partial charge < -0.3 is 4.43 Å². The highest BCUT2D eigenvalue weighted by molar-refractivity contribution is 6.69. The first-order chi connectivity index (χ1) is 3.56. The molecule has 0 N–H and O–H groups in total. The van der Waals surface area contributed by atoms with Gasteiger partial charge in [0.25, 0.3) is 0 Å². The molecule has 0 aliphatic rings. The molecule has 0 aromatic carbocycles. The first-order valence-corrected chi connectivity index (χ1v) is 7.41. The van der Waals surface area contributed by atoms with Crippen LogP contribution in [0, 0.1) is 0 Å². The third-order valence-electron chi connectivity index (χ3n) is 0.558. The second kappa shape index (κ2) is 3.09. The van der Waals surface area contributed by atoms with E-state index in [2.05, 4.69) is 25.3 Å². The van der Waals surface area contributed by atoms with Crippen molar-refractivity contribution in [1.29, 1.82) is 0 Å². The van der Waals surface area contributed by atoms with E-state index in [0.717, 1.165) is 10.2 Å². The van der Waals surface area contributed by atoms with E-state index in [9.17, 15) is 0 Å². The molecule has 0 spiro atoms. The van der Waals surface area contributed by atoms with Crippen molar-refractivity contribution in [3.63, 3.8) is 0 Å². The second-order valence-corrected chi connectivity index (χ2v) is 7.83. The Bertz CT molecular complexity index is 82.9. The zero-order chi connectivity index (χ0) is 6.62. The molecule has 0 unspecified atom stereocenters. The summed E-state index contributed by atoms with van der Waals surface area (Å²) in [6.07, 6.45) is 1.83. The maximum Gasteiger partial charge on any atom is 0.241 e. The normalized spacial score (nSPS) is 12.9. The zero-order valence-corrected chi connectivity index (χ0v) is 9.06. The van der Waals surface area contributed by atoms with Crippen LogP contribution in [0.25, 0.3) is 0 Å². The van der Waals surface area contributed by atoms with Crippen LogP contribution in [0.1, 0.15) is 0 Å². The van der Waals surface area contributed by atoms with Crippen molar-refractivity contribution < 1.29 is 4.43 Å². The lowest BCUT2D eigenvalue weighted by Crippen LogP contribution is -2.21. The van der Waals surface area contributed by atoms with E-state index >= 15 is 0 Å². The third kappa shape index (κ3) is 5.97. The van der Waals surface area contributed by atoms with Crippen LogP contribution in [0.4, 0.5) is 0 Å². The molecular weight excluding hydrogens is 132 g/mol. The lowest BCUT2D eigenvalue weighted by molar-refractivity contribution is 0.481. The SMILES string of the molecule is C[Si](C)(C)OC=C[SiH3]. The van der Waals surface area contributed by atoms with Crippen molar-refractivity contribution in [3.8, 4) is 0 Å². The van der Waals surface area contributed by atoms with Crippen molar-refractivity contribution in [2.75, 3.05) is 0 Å². The van der Waals surface area contributed by atoms with Gasteiger partial charge in [-0.3, -0.25) is 0 Å². The number of rotatable bonds is 2. The third-order valence-corrected chi connectivity index (χ3v) is 1.67. The number of hydrogen-bond donors (Lipinski definition) is 0. The first-order valence-electron chi connectivity index (χ1n) is 2.85. The minimum Gasteiger partial charge on any atom is -0.551 e. The first kappa shape index (κ1) is 7.97. The Labute approximate surface area is 55.3 Å². The van der Waals surface area contributed by atoms with Crippen LogP contribution in [0.5, 0.6) is 0 Å². The highest BCUT2D eigenvalue weighted by Gasteiger charge is 2.12. The van der Waals surface area contributed by atoms with Crippen LogP contribution in [0.2, 0.25) is 19.6 Å². The zero-order valence-electron chi connectivity index (χ0n) is 6.06. The van der Waals surface area contributed by atoms with Crippen molar-refractivity contribution in [2.24, 2.45) is 0 Å². The highest BCUT2D eigenvalue weighted by Crippen LogP contribution is 2.01. The predicted molar refractivity (Wildman–Crippen MR) is 43.5 cm³/mol. The molecule has 0 fully saturated rings. The molecule has 0 bridgehead atoms. The Hall–Kier alpha value is -0.0262. The maximum atomic E-state index is 5.37. The molecule has 8 heavy (non-hydrogen) atoms. The summed E-state index contributed by atoms with van der Waals surface area (Å²) < 4.78 is 5.37. The molecule has 0 aliphatic heterocycles. The van der Waals surface area contributed by atoms with E-state index in [4.69, 9.17) is 4.43 Å². The lowest BCUT2D eigenvalue weighted by Gasteiger charge is -2.13. The van der Waals surface area contributed by atoms with Crippen LogP contribution in [-0.4, -0.2) is 18.6 Å². The van der Waals surface area contributed by atoms with E-state index in [0.29, 0.717) is 0 Å². The lowest BCUT2D eigenvalue weighted by atomic mass is 11.2. The summed E-state index contributed by atoms with van der Waals surface area (Å²) >= 11 is 0. The van der Waals surface area contributed by atoms with E-state index in [-0.39, 0.29) is 0 Å². The van der Waals surface area contributed by atoms with Gasteiger partial charge in [0.1, 0.15) is 0 Å². The summed E-state index contributed by atoms with van der Waals surface area (Å²) in [6.45, 7) is 6.53. The fraction of sp³-hybridized carbons (Fsp3) is 0.600. The molecular formula is C5H14OSi2. The molecule has 3 heteroatoms. The standard InChI is InChI=1S/C5H14OSi2/c1-8(2,3)6-4-5-7/h4-5H,1-3,7H3. The average Bonchev–Trinajstić information content (AvgIpc) is 1.59. The van der Waals surface area contributed by atoms with Gasteiger partial charge >= 0.3 is 0 Å². The van der Waals surface area contributed by atoms with E-state index in [1.807, 2.05) is 6.26 Å². The molecule has 0 rings (SSSR count). The quantitative estimate of drug-likeness (QED) is 0.411. The smallest absolute Gasteiger partial charge is 0.241 e. The maximum absolute atomic E-state index is 5.37. The van der Waals surface area contributed by atoms with Crippen LogP contribution in [-0.2, 0) is 4.43 Å². The topological polar surface area (TPSA) is 9.23 Å². The summed E-state index contributed by atoms with van der Waals surface area (Å²) in [4.78, 5) is 0. The van der Waals surface area contributed by atoms with Gasteiger partial charge in [-0.15, -0.1) is 0 Å². The molecule has 0 aliphatic carbocycles. The van der Waals surface area contributed by atoms with Gasteiger partial charge in [-0.25, -0.2) is 0 Å². The highest BCUT2D eigenvalue weighted by atomic mass is 28.4. The monoisotopic (exact) mass is 146 g/mol. The molecule has 0 aromatic rings. The predicted octanol–water partition coefficient (Wildman–Crippen LogP) is 0.674. The van der Waals surface area contributed by atoms with Gasteiger partial charge in [-0.2, -0.15) is 0 Å². The van der Waals surface area contributed by atoms with E-state index in [1.165, 1.54) is 0 Å². The largest absolute Gasteiger partial charge is 0.551 e. The molecule has 0 atom stereocenters. The Morgan fingerprint density at radius 2 is 1.88 bits per heavy atom. The van der Waals surface area contributed by atoms with Gasteiger partial charge in [0.05, 0.1) is 6.26 Å². The Balaban J connectivity index is 3.39. The Kier molecular flexibility index (Phi) is 3.08. The molecule has 0 saturated heterocycles. The van der Waals surface area contributed by atoms with Crippen LogP contribution >= 0.6 is 0 Å². The van der Waals surface area contributed by atoms with E-state index < -0.39 is 8.32 Å². The van der Waals surface area contributed by atoms with Gasteiger partial charge in [0.15, 0.2) is 0 Å². The summed E-state index contributed by atoms with van der Waals surface area (Å²) in [6, 6.07) is 0. The van der Waals surface area contributed by atoms with Gasteiger partial charge in [0, 0.05) is 10.2 Å². The fourth-order valence-corrected chi connectivity index (χ4v) is 1.22. The van der Waals surface area contributed by atoms with Gasteiger partial charge in [0.2, 0.25) is 8.32 Å². The molecule has 0 heterocycles.